The zero-order valence-electron chi connectivity index (χ0n) is 8.89. The number of anilines is 1. The molecule has 4 heteroatoms. The number of nitrogens with two attached hydrogens (primary N) is 1. The van der Waals surface area contributed by atoms with E-state index in [0.29, 0.717) is 11.6 Å². The van der Waals surface area contributed by atoms with E-state index in [2.05, 4.69) is 10.1 Å². The largest absolute Gasteiger partial charge is 0.398 e. The van der Waals surface area contributed by atoms with Crippen LogP contribution in [0.1, 0.15) is 18.7 Å². The molecule has 1 aromatic heterocycles. The second-order valence-electron chi connectivity index (χ2n) is 4.25. The molecule has 1 aromatic carbocycles. The molecular weight excluding hydrogens is 202 g/mol. The maximum absolute atomic E-state index is 5.85. The first-order chi connectivity index (χ1) is 7.83. The standard InChI is InChI=1S/C12H13N3O/c13-10-4-2-1-3-9(10)12-14-11(15-16-12)7-8-5-6-8/h1-4,8H,5-7,13H2. The van der Waals surface area contributed by atoms with Crippen molar-refractivity contribution in [1.82, 2.24) is 10.1 Å². The van der Waals surface area contributed by atoms with Gasteiger partial charge >= 0.3 is 0 Å². The van der Waals surface area contributed by atoms with Gasteiger partial charge in [-0.3, -0.25) is 0 Å². The number of hydrogen-bond donors (Lipinski definition) is 1. The number of nitrogens with zero attached hydrogens (tertiary/aromatic N) is 2. The molecule has 0 saturated heterocycles. The van der Waals surface area contributed by atoms with Crippen molar-refractivity contribution in [3.63, 3.8) is 0 Å². The van der Waals surface area contributed by atoms with Crippen molar-refractivity contribution in [2.45, 2.75) is 19.3 Å². The molecule has 3 rings (SSSR count). The first kappa shape index (κ1) is 9.39. The second-order valence-corrected chi connectivity index (χ2v) is 4.25. The Labute approximate surface area is 93.5 Å². The topological polar surface area (TPSA) is 64.9 Å². The SMILES string of the molecule is Nc1ccccc1-c1nc(CC2CC2)no1. The lowest BCUT2D eigenvalue weighted by Crippen LogP contribution is -1.91. The third-order valence-corrected chi connectivity index (χ3v) is 2.83. The predicted octanol–water partition coefficient (Wildman–Crippen LogP) is 2.27. The van der Waals surface area contributed by atoms with Crippen LogP contribution in [0.2, 0.25) is 0 Å². The highest BCUT2D eigenvalue weighted by atomic mass is 16.5. The molecule has 2 N–H and O–H groups in total. The summed E-state index contributed by atoms with van der Waals surface area (Å²) in [5, 5.41) is 3.97. The Balaban J connectivity index is 1.88. The van der Waals surface area contributed by atoms with Crippen molar-refractivity contribution in [2.24, 2.45) is 5.92 Å². The van der Waals surface area contributed by atoms with E-state index in [9.17, 15) is 0 Å². The van der Waals surface area contributed by atoms with Crippen LogP contribution in [0.25, 0.3) is 11.5 Å². The average molecular weight is 215 g/mol. The summed E-state index contributed by atoms with van der Waals surface area (Å²) in [4.78, 5) is 4.36. The highest BCUT2D eigenvalue weighted by Crippen LogP contribution is 2.32. The molecule has 0 radical (unpaired) electrons. The van der Waals surface area contributed by atoms with E-state index in [4.69, 9.17) is 10.3 Å². The molecule has 0 spiro atoms. The molecule has 2 aromatic rings. The molecule has 1 aliphatic rings. The first-order valence-corrected chi connectivity index (χ1v) is 5.50. The van der Waals surface area contributed by atoms with E-state index in [1.54, 1.807) is 0 Å². The van der Waals surface area contributed by atoms with Gasteiger partial charge in [0, 0.05) is 12.1 Å². The summed E-state index contributed by atoms with van der Waals surface area (Å²) < 4.78 is 5.22. The number of benzene rings is 1. The first-order valence-electron chi connectivity index (χ1n) is 5.50. The fraction of sp³-hybridized carbons (Fsp3) is 0.333. The van der Waals surface area contributed by atoms with Gasteiger partial charge in [-0.15, -0.1) is 0 Å². The molecule has 0 amide bonds. The van der Waals surface area contributed by atoms with Crippen molar-refractivity contribution in [2.75, 3.05) is 5.73 Å². The molecule has 1 heterocycles. The Hall–Kier alpha value is -1.84. The Bertz CT molecular complexity index is 502. The summed E-state index contributed by atoms with van der Waals surface area (Å²) in [6.07, 6.45) is 3.50. The minimum atomic E-state index is 0.522. The third-order valence-electron chi connectivity index (χ3n) is 2.83. The highest BCUT2D eigenvalue weighted by molar-refractivity contribution is 5.69. The van der Waals surface area contributed by atoms with Crippen LogP contribution in [0.15, 0.2) is 28.8 Å². The van der Waals surface area contributed by atoms with Gasteiger partial charge < -0.3 is 10.3 Å². The van der Waals surface area contributed by atoms with Crippen molar-refractivity contribution in [3.8, 4) is 11.5 Å². The molecule has 82 valence electrons. The van der Waals surface area contributed by atoms with Crippen LogP contribution < -0.4 is 5.73 Å². The van der Waals surface area contributed by atoms with Gasteiger partial charge in [0.05, 0.1) is 5.56 Å². The fourth-order valence-electron chi connectivity index (χ4n) is 1.72. The number of nitrogen functional groups attached to an aromatic ring is 1. The molecule has 0 aliphatic heterocycles. The van der Waals surface area contributed by atoms with Crippen LogP contribution in [-0.4, -0.2) is 10.1 Å². The monoisotopic (exact) mass is 215 g/mol. The highest BCUT2D eigenvalue weighted by Gasteiger charge is 2.24. The number of hydrogen-bond acceptors (Lipinski definition) is 4. The number of para-hydroxylation sites is 1. The van der Waals surface area contributed by atoms with Crippen LogP contribution in [-0.2, 0) is 6.42 Å². The molecule has 1 fully saturated rings. The van der Waals surface area contributed by atoms with Gasteiger partial charge in [-0.2, -0.15) is 4.98 Å². The zero-order valence-corrected chi connectivity index (χ0v) is 8.89. The lowest BCUT2D eigenvalue weighted by molar-refractivity contribution is 0.421. The Morgan fingerprint density at radius 3 is 2.88 bits per heavy atom. The van der Waals surface area contributed by atoms with Crippen LogP contribution >= 0.6 is 0 Å². The molecule has 16 heavy (non-hydrogen) atoms. The summed E-state index contributed by atoms with van der Waals surface area (Å²) in [6, 6.07) is 7.53. The van der Waals surface area contributed by atoms with Gasteiger partial charge in [-0.05, 0) is 30.9 Å². The van der Waals surface area contributed by atoms with Crippen molar-refractivity contribution < 1.29 is 4.52 Å². The van der Waals surface area contributed by atoms with Crippen molar-refractivity contribution in [1.29, 1.82) is 0 Å². The van der Waals surface area contributed by atoms with Gasteiger partial charge in [0.2, 0.25) is 0 Å². The molecule has 4 nitrogen and oxygen atoms in total. The maximum Gasteiger partial charge on any atom is 0.260 e. The molecule has 1 aliphatic carbocycles. The van der Waals surface area contributed by atoms with E-state index < -0.39 is 0 Å². The Morgan fingerprint density at radius 2 is 2.12 bits per heavy atom. The average Bonchev–Trinajstić information content (AvgIpc) is 2.97. The minimum Gasteiger partial charge on any atom is -0.398 e. The molecule has 0 bridgehead atoms. The summed E-state index contributed by atoms with van der Waals surface area (Å²) in [5.41, 5.74) is 7.33. The van der Waals surface area contributed by atoms with Crippen LogP contribution in [0, 0.1) is 5.92 Å². The second kappa shape index (κ2) is 3.63. The van der Waals surface area contributed by atoms with E-state index in [-0.39, 0.29) is 0 Å². The zero-order chi connectivity index (χ0) is 11.0. The third kappa shape index (κ3) is 1.78. The summed E-state index contributed by atoms with van der Waals surface area (Å²) >= 11 is 0. The summed E-state index contributed by atoms with van der Waals surface area (Å²) in [7, 11) is 0. The quantitative estimate of drug-likeness (QED) is 0.797. The number of aromatic nitrogens is 2. The molecule has 1 saturated carbocycles. The van der Waals surface area contributed by atoms with Gasteiger partial charge in [0.15, 0.2) is 5.82 Å². The number of rotatable bonds is 3. The van der Waals surface area contributed by atoms with E-state index in [1.807, 2.05) is 24.3 Å². The predicted molar refractivity (Wildman–Crippen MR) is 60.6 cm³/mol. The van der Waals surface area contributed by atoms with Crippen LogP contribution in [0.4, 0.5) is 5.69 Å². The van der Waals surface area contributed by atoms with Crippen molar-refractivity contribution in [3.05, 3.63) is 30.1 Å². The lowest BCUT2D eigenvalue weighted by atomic mass is 10.2. The van der Waals surface area contributed by atoms with Crippen LogP contribution in [0.5, 0.6) is 0 Å². The molecule has 0 unspecified atom stereocenters. The van der Waals surface area contributed by atoms with E-state index in [1.165, 1.54) is 12.8 Å². The maximum atomic E-state index is 5.85. The Morgan fingerprint density at radius 1 is 1.31 bits per heavy atom. The summed E-state index contributed by atoms with van der Waals surface area (Å²) in [6.45, 7) is 0. The fourth-order valence-corrected chi connectivity index (χ4v) is 1.72. The van der Waals surface area contributed by atoms with Gasteiger partial charge in [-0.25, -0.2) is 0 Å². The minimum absolute atomic E-state index is 0.522. The molecule has 0 atom stereocenters. The van der Waals surface area contributed by atoms with E-state index in [0.717, 1.165) is 23.7 Å². The van der Waals surface area contributed by atoms with Gasteiger partial charge in [0.25, 0.3) is 5.89 Å². The van der Waals surface area contributed by atoms with Crippen molar-refractivity contribution >= 4 is 5.69 Å². The van der Waals surface area contributed by atoms with E-state index >= 15 is 0 Å². The normalized spacial score (nSPS) is 15.2. The van der Waals surface area contributed by atoms with Gasteiger partial charge in [0.1, 0.15) is 0 Å². The molecular formula is C12H13N3O. The Kier molecular flexibility index (Phi) is 2.13. The van der Waals surface area contributed by atoms with Crippen LogP contribution in [0.3, 0.4) is 0 Å². The smallest absolute Gasteiger partial charge is 0.260 e. The van der Waals surface area contributed by atoms with Gasteiger partial charge in [-0.1, -0.05) is 17.3 Å². The summed E-state index contributed by atoms with van der Waals surface area (Å²) in [5.74, 6) is 2.08. The lowest BCUT2D eigenvalue weighted by Gasteiger charge is -1.97.